The average Bonchev–Trinajstić information content (AvgIpc) is 2.36. The van der Waals surface area contributed by atoms with Gasteiger partial charge in [-0.15, -0.1) is 0 Å². The molecule has 1 heterocycles. The lowest BCUT2D eigenvalue weighted by molar-refractivity contribution is 0.0926. The Morgan fingerprint density at radius 3 is 2.50 bits per heavy atom. The fourth-order valence-corrected chi connectivity index (χ4v) is 2.87. The molecule has 1 rings (SSSR count). The van der Waals surface area contributed by atoms with Crippen molar-refractivity contribution < 1.29 is 4.74 Å². The second-order valence-electron chi connectivity index (χ2n) is 4.55. The molecule has 1 fully saturated rings. The molecule has 0 atom stereocenters. The first-order chi connectivity index (χ1) is 7.76. The fourth-order valence-electron chi connectivity index (χ4n) is 2.12. The summed E-state index contributed by atoms with van der Waals surface area (Å²) in [6, 6.07) is 0. The van der Waals surface area contributed by atoms with Crippen LogP contribution in [-0.2, 0) is 4.74 Å². The van der Waals surface area contributed by atoms with Crippen LogP contribution in [0.4, 0.5) is 0 Å². The number of nitrogens with two attached hydrogens (primary N) is 1. The van der Waals surface area contributed by atoms with Crippen LogP contribution in [0.5, 0.6) is 0 Å². The Labute approximate surface area is 104 Å². The third-order valence-corrected chi connectivity index (χ3v) is 4.91. The summed E-state index contributed by atoms with van der Waals surface area (Å²) in [5.74, 6) is 0. The third-order valence-electron chi connectivity index (χ3n) is 3.47. The summed E-state index contributed by atoms with van der Waals surface area (Å²) >= 11 is 1.94. The lowest BCUT2D eigenvalue weighted by atomic mass is 9.96. The normalized spacial score (nSPS) is 21.2. The van der Waals surface area contributed by atoms with E-state index in [1.165, 1.54) is 25.9 Å². The van der Waals surface area contributed by atoms with Crippen LogP contribution in [0.3, 0.4) is 0 Å². The van der Waals surface area contributed by atoms with Gasteiger partial charge in [0.2, 0.25) is 0 Å². The second kappa shape index (κ2) is 7.54. The SMILES string of the molecule is CCCOCCN1CCC(CN)(SC)CC1. The molecule has 2 N–H and O–H groups in total. The quantitative estimate of drug-likeness (QED) is 0.692. The van der Waals surface area contributed by atoms with Crippen molar-refractivity contribution in [2.45, 2.75) is 30.9 Å². The van der Waals surface area contributed by atoms with Crippen LogP contribution in [0.2, 0.25) is 0 Å². The molecule has 0 aliphatic carbocycles. The van der Waals surface area contributed by atoms with Crippen LogP contribution in [0.1, 0.15) is 26.2 Å². The molecule has 0 aromatic carbocycles. The Kier molecular flexibility index (Phi) is 6.73. The molecular formula is C12H26N2OS. The molecule has 0 spiro atoms. The Morgan fingerprint density at radius 1 is 1.31 bits per heavy atom. The number of thioether (sulfide) groups is 1. The molecule has 16 heavy (non-hydrogen) atoms. The molecule has 3 nitrogen and oxygen atoms in total. The predicted molar refractivity (Wildman–Crippen MR) is 72.1 cm³/mol. The molecule has 0 saturated carbocycles. The molecule has 0 radical (unpaired) electrons. The van der Waals surface area contributed by atoms with Gasteiger partial charge in [-0.25, -0.2) is 0 Å². The van der Waals surface area contributed by atoms with E-state index < -0.39 is 0 Å². The van der Waals surface area contributed by atoms with E-state index in [0.29, 0.717) is 4.75 Å². The highest BCUT2D eigenvalue weighted by molar-refractivity contribution is 8.00. The minimum atomic E-state index is 0.348. The standard InChI is InChI=1S/C12H26N2OS/c1-3-9-15-10-8-14-6-4-12(11-13,16-2)5-7-14/h3-11,13H2,1-2H3. The van der Waals surface area contributed by atoms with E-state index in [2.05, 4.69) is 18.1 Å². The van der Waals surface area contributed by atoms with Gasteiger partial charge in [-0.2, -0.15) is 11.8 Å². The van der Waals surface area contributed by atoms with Crippen LogP contribution in [0.15, 0.2) is 0 Å². The highest BCUT2D eigenvalue weighted by atomic mass is 32.2. The molecule has 96 valence electrons. The first-order valence-corrected chi connectivity index (χ1v) is 7.54. The van der Waals surface area contributed by atoms with E-state index in [0.717, 1.165) is 32.7 Å². The Balaban J connectivity index is 2.16. The van der Waals surface area contributed by atoms with Gasteiger partial charge in [0.1, 0.15) is 0 Å². The Morgan fingerprint density at radius 2 is 2.00 bits per heavy atom. The summed E-state index contributed by atoms with van der Waals surface area (Å²) in [6.07, 6.45) is 5.74. The molecule has 0 aromatic rings. The van der Waals surface area contributed by atoms with E-state index in [1.807, 2.05) is 11.8 Å². The van der Waals surface area contributed by atoms with Crippen LogP contribution < -0.4 is 5.73 Å². The molecule has 4 heteroatoms. The first-order valence-electron chi connectivity index (χ1n) is 6.31. The van der Waals surface area contributed by atoms with Gasteiger partial charge < -0.3 is 15.4 Å². The minimum absolute atomic E-state index is 0.348. The van der Waals surface area contributed by atoms with Crippen LogP contribution >= 0.6 is 11.8 Å². The van der Waals surface area contributed by atoms with Crippen molar-refractivity contribution >= 4 is 11.8 Å². The Bertz CT molecular complexity index is 176. The van der Waals surface area contributed by atoms with Crippen LogP contribution in [-0.4, -0.2) is 55.3 Å². The molecule has 1 saturated heterocycles. The number of hydrogen-bond donors (Lipinski definition) is 1. The lowest BCUT2D eigenvalue weighted by Gasteiger charge is -2.40. The Hall–Kier alpha value is 0.230. The largest absolute Gasteiger partial charge is 0.380 e. The smallest absolute Gasteiger partial charge is 0.0593 e. The van der Waals surface area contributed by atoms with E-state index in [-0.39, 0.29) is 0 Å². The second-order valence-corrected chi connectivity index (χ2v) is 5.82. The van der Waals surface area contributed by atoms with Crippen molar-refractivity contribution in [1.82, 2.24) is 4.90 Å². The topological polar surface area (TPSA) is 38.5 Å². The van der Waals surface area contributed by atoms with Gasteiger partial charge in [0.25, 0.3) is 0 Å². The zero-order valence-electron chi connectivity index (χ0n) is 10.7. The molecule has 0 amide bonds. The van der Waals surface area contributed by atoms with Crippen molar-refractivity contribution in [2.24, 2.45) is 5.73 Å². The molecule has 1 aliphatic heterocycles. The minimum Gasteiger partial charge on any atom is -0.380 e. The fraction of sp³-hybridized carbons (Fsp3) is 1.00. The predicted octanol–water partition coefficient (Wildman–Crippen LogP) is 1.57. The molecule has 0 unspecified atom stereocenters. The summed E-state index contributed by atoms with van der Waals surface area (Å²) in [7, 11) is 0. The van der Waals surface area contributed by atoms with Gasteiger partial charge in [0.05, 0.1) is 6.61 Å². The number of hydrogen-bond acceptors (Lipinski definition) is 4. The van der Waals surface area contributed by atoms with Crippen molar-refractivity contribution in [2.75, 3.05) is 45.6 Å². The zero-order valence-corrected chi connectivity index (χ0v) is 11.5. The number of rotatable bonds is 7. The van der Waals surface area contributed by atoms with E-state index in [4.69, 9.17) is 10.5 Å². The van der Waals surface area contributed by atoms with Crippen LogP contribution in [0.25, 0.3) is 0 Å². The van der Waals surface area contributed by atoms with Gasteiger partial charge in [-0.1, -0.05) is 6.92 Å². The van der Waals surface area contributed by atoms with E-state index >= 15 is 0 Å². The van der Waals surface area contributed by atoms with E-state index in [1.54, 1.807) is 0 Å². The average molecular weight is 246 g/mol. The van der Waals surface area contributed by atoms with Gasteiger partial charge in [0.15, 0.2) is 0 Å². The van der Waals surface area contributed by atoms with Crippen LogP contribution in [0, 0.1) is 0 Å². The summed E-state index contributed by atoms with van der Waals surface area (Å²) in [4.78, 5) is 2.50. The van der Waals surface area contributed by atoms with Crippen molar-refractivity contribution in [1.29, 1.82) is 0 Å². The van der Waals surface area contributed by atoms with Gasteiger partial charge in [0, 0.05) is 24.4 Å². The number of likely N-dealkylation sites (tertiary alicyclic amines) is 1. The van der Waals surface area contributed by atoms with E-state index in [9.17, 15) is 0 Å². The molecule has 0 aromatic heterocycles. The van der Waals surface area contributed by atoms with Gasteiger partial charge >= 0.3 is 0 Å². The van der Waals surface area contributed by atoms with Crippen molar-refractivity contribution in [3.05, 3.63) is 0 Å². The zero-order chi connectivity index (χ0) is 11.9. The maximum atomic E-state index is 5.87. The summed E-state index contributed by atoms with van der Waals surface area (Å²) in [6.45, 7) is 8.16. The summed E-state index contributed by atoms with van der Waals surface area (Å²) < 4.78 is 5.87. The maximum Gasteiger partial charge on any atom is 0.0593 e. The highest BCUT2D eigenvalue weighted by Crippen LogP contribution is 2.33. The molecule has 0 bridgehead atoms. The maximum absolute atomic E-state index is 5.87. The highest BCUT2D eigenvalue weighted by Gasteiger charge is 2.32. The third kappa shape index (κ3) is 4.24. The molecular weight excluding hydrogens is 220 g/mol. The van der Waals surface area contributed by atoms with Gasteiger partial charge in [-0.05, 0) is 38.6 Å². The summed E-state index contributed by atoms with van der Waals surface area (Å²) in [5, 5.41) is 0. The number of piperidine rings is 1. The molecule has 1 aliphatic rings. The monoisotopic (exact) mass is 246 g/mol. The number of nitrogens with zero attached hydrogens (tertiary/aromatic N) is 1. The number of ether oxygens (including phenoxy) is 1. The lowest BCUT2D eigenvalue weighted by Crippen LogP contribution is -2.47. The van der Waals surface area contributed by atoms with Gasteiger partial charge in [-0.3, -0.25) is 0 Å². The first kappa shape index (κ1) is 14.3. The summed E-state index contributed by atoms with van der Waals surface area (Å²) in [5.41, 5.74) is 5.87. The van der Waals surface area contributed by atoms with Crippen molar-refractivity contribution in [3.63, 3.8) is 0 Å². The van der Waals surface area contributed by atoms with Crippen molar-refractivity contribution in [3.8, 4) is 0 Å².